The van der Waals surface area contributed by atoms with E-state index in [1.807, 2.05) is 28.8 Å². The Morgan fingerprint density at radius 3 is 2.43 bits per heavy atom. The lowest BCUT2D eigenvalue weighted by Gasteiger charge is -2.35. The van der Waals surface area contributed by atoms with Crippen LogP contribution in [0.25, 0.3) is 16.7 Å². The highest BCUT2D eigenvalue weighted by Gasteiger charge is 2.22. The first-order chi connectivity index (χ1) is 14.5. The molecule has 3 heterocycles. The summed E-state index contributed by atoms with van der Waals surface area (Å²) >= 11 is 0. The molecule has 2 aromatic heterocycles. The molecule has 0 bridgehead atoms. The van der Waals surface area contributed by atoms with Gasteiger partial charge in [0, 0.05) is 45.3 Å². The molecule has 1 aromatic carbocycles. The van der Waals surface area contributed by atoms with Crippen molar-refractivity contribution in [2.45, 2.75) is 19.6 Å². The van der Waals surface area contributed by atoms with Crippen molar-refractivity contribution in [3.8, 4) is 6.07 Å². The van der Waals surface area contributed by atoms with Crippen molar-refractivity contribution in [2.75, 3.05) is 45.9 Å². The third-order valence-corrected chi connectivity index (χ3v) is 5.91. The lowest BCUT2D eigenvalue weighted by molar-refractivity contribution is 0.0600. The molecular formula is C22H27N5O3. The second kappa shape index (κ2) is 8.58. The first kappa shape index (κ1) is 20.6. The largest absolute Gasteiger partial charge is 0.395 e. The predicted molar refractivity (Wildman–Crippen MR) is 115 cm³/mol. The molecule has 0 amide bonds. The van der Waals surface area contributed by atoms with E-state index < -0.39 is 6.10 Å². The number of imidazole rings is 1. The summed E-state index contributed by atoms with van der Waals surface area (Å²) in [5.74, 6) is 0. The van der Waals surface area contributed by atoms with Crippen LogP contribution in [0.3, 0.4) is 0 Å². The van der Waals surface area contributed by atoms with Gasteiger partial charge in [-0.3, -0.25) is 19.0 Å². The standard InChI is InChI=1S/C22H27N5O3/c1-16-12-21(30)27-20-5-3-2-4-19(20)26(22(27)18(16)13-23)15-17(29)14-25-8-6-24(7-9-25)10-11-28/h2-5,12,17,28-29H,6-11,14-15H2,1H3/t17-/m0/s1. The maximum atomic E-state index is 12.7. The average Bonchev–Trinajstić information content (AvgIpc) is 3.05. The average molecular weight is 409 g/mol. The van der Waals surface area contributed by atoms with E-state index in [1.165, 1.54) is 6.07 Å². The number of para-hydroxylation sites is 2. The van der Waals surface area contributed by atoms with E-state index in [2.05, 4.69) is 15.9 Å². The fourth-order valence-corrected chi connectivity index (χ4v) is 4.42. The maximum Gasteiger partial charge on any atom is 0.257 e. The van der Waals surface area contributed by atoms with Gasteiger partial charge in [0.15, 0.2) is 0 Å². The zero-order valence-corrected chi connectivity index (χ0v) is 17.2. The Balaban J connectivity index is 1.65. The molecule has 0 unspecified atom stereocenters. The number of rotatable bonds is 6. The minimum atomic E-state index is -0.642. The smallest absolute Gasteiger partial charge is 0.257 e. The molecule has 8 heteroatoms. The highest BCUT2D eigenvalue weighted by Crippen LogP contribution is 2.24. The van der Waals surface area contributed by atoms with Crippen molar-refractivity contribution in [3.05, 3.63) is 51.8 Å². The topological polar surface area (TPSA) is 97.1 Å². The fourth-order valence-electron chi connectivity index (χ4n) is 4.42. The Kier molecular flexibility index (Phi) is 5.88. The molecule has 1 aliphatic rings. The Bertz CT molecular complexity index is 1150. The number of hydrogen-bond acceptors (Lipinski definition) is 6. The molecule has 4 rings (SSSR count). The first-order valence-corrected chi connectivity index (χ1v) is 10.3. The second-order valence-corrected chi connectivity index (χ2v) is 7.93. The molecule has 3 aromatic rings. The Labute approximate surface area is 174 Å². The summed E-state index contributed by atoms with van der Waals surface area (Å²) in [5.41, 5.74) is 3.01. The zero-order valence-electron chi connectivity index (χ0n) is 17.2. The summed E-state index contributed by atoms with van der Waals surface area (Å²) in [4.78, 5) is 17.2. The maximum absolute atomic E-state index is 12.7. The van der Waals surface area contributed by atoms with E-state index in [1.54, 1.807) is 11.3 Å². The van der Waals surface area contributed by atoms with Gasteiger partial charge in [0.05, 0.1) is 35.9 Å². The Hall–Kier alpha value is -2.70. The molecule has 30 heavy (non-hydrogen) atoms. The van der Waals surface area contributed by atoms with Gasteiger partial charge >= 0.3 is 0 Å². The number of benzene rings is 1. The molecule has 2 N–H and O–H groups in total. The van der Waals surface area contributed by atoms with Crippen molar-refractivity contribution in [2.24, 2.45) is 0 Å². The fraction of sp³-hybridized carbons (Fsp3) is 0.455. The van der Waals surface area contributed by atoms with Gasteiger partial charge in [-0.05, 0) is 24.6 Å². The molecule has 1 fully saturated rings. The minimum absolute atomic E-state index is 0.163. The van der Waals surface area contributed by atoms with Gasteiger partial charge in [-0.15, -0.1) is 0 Å². The number of aliphatic hydroxyl groups is 2. The molecule has 1 aliphatic heterocycles. The number of aromatic nitrogens is 2. The molecule has 0 spiro atoms. The predicted octanol–water partition coefficient (Wildman–Crippen LogP) is 0.405. The number of β-amino-alcohol motifs (C(OH)–C–C–N with tert-alkyl or cyclic N) is 2. The van der Waals surface area contributed by atoms with Gasteiger partial charge < -0.3 is 14.8 Å². The number of nitrogens with zero attached hydrogens (tertiary/aromatic N) is 5. The van der Waals surface area contributed by atoms with Crippen molar-refractivity contribution in [1.82, 2.24) is 18.8 Å². The molecule has 1 saturated heterocycles. The van der Waals surface area contributed by atoms with Gasteiger partial charge in [-0.2, -0.15) is 5.26 Å². The van der Waals surface area contributed by atoms with E-state index >= 15 is 0 Å². The lowest BCUT2D eigenvalue weighted by atomic mass is 10.1. The summed E-state index contributed by atoms with van der Waals surface area (Å²) in [6.07, 6.45) is -0.642. The molecule has 0 aliphatic carbocycles. The highest BCUT2D eigenvalue weighted by atomic mass is 16.3. The third-order valence-electron chi connectivity index (χ3n) is 5.91. The summed E-state index contributed by atoms with van der Waals surface area (Å²) < 4.78 is 3.47. The van der Waals surface area contributed by atoms with Gasteiger partial charge in [-0.1, -0.05) is 12.1 Å². The van der Waals surface area contributed by atoms with E-state index in [0.29, 0.717) is 36.4 Å². The van der Waals surface area contributed by atoms with Crippen molar-refractivity contribution >= 4 is 16.7 Å². The van der Waals surface area contributed by atoms with Gasteiger partial charge in [0.1, 0.15) is 11.7 Å². The third kappa shape index (κ3) is 3.73. The van der Waals surface area contributed by atoms with Crippen LogP contribution in [0.5, 0.6) is 0 Å². The Morgan fingerprint density at radius 2 is 1.77 bits per heavy atom. The van der Waals surface area contributed by atoms with Crippen molar-refractivity contribution in [1.29, 1.82) is 5.26 Å². The molecule has 8 nitrogen and oxygen atoms in total. The number of fused-ring (bicyclic) bond motifs is 3. The normalized spacial score (nSPS) is 16.9. The van der Waals surface area contributed by atoms with Crippen LogP contribution in [0.2, 0.25) is 0 Å². The van der Waals surface area contributed by atoms with E-state index in [9.17, 15) is 15.2 Å². The number of pyridine rings is 1. The first-order valence-electron chi connectivity index (χ1n) is 10.3. The quantitative estimate of drug-likeness (QED) is 0.612. The molecule has 0 radical (unpaired) electrons. The lowest BCUT2D eigenvalue weighted by Crippen LogP contribution is -2.49. The summed E-state index contributed by atoms with van der Waals surface area (Å²) in [6, 6.07) is 11.3. The number of aliphatic hydroxyl groups excluding tert-OH is 2. The monoisotopic (exact) mass is 409 g/mol. The summed E-state index contributed by atoms with van der Waals surface area (Å²) in [7, 11) is 0. The number of aryl methyl sites for hydroxylation is 1. The molecule has 158 valence electrons. The summed E-state index contributed by atoms with van der Waals surface area (Å²) in [6.45, 7) is 6.85. The van der Waals surface area contributed by atoms with Crippen molar-refractivity contribution < 1.29 is 10.2 Å². The molecule has 1 atom stereocenters. The molecule has 0 saturated carbocycles. The van der Waals surface area contributed by atoms with Crippen LogP contribution in [0.4, 0.5) is 0 Å². The van der Waals surface area contributed by atoms with Crippen LogP contribution in [0, 0.1) is 18.3 Å². The summed E-state index contributed by atoms with van der Waals surface area (Å²) in [5, 5.41) is 29.7. The minimum Gasteiger partial charge on any atom is -0.395 e. The SMILES string of the molecule is Cc1cc(=O)n2c3ccccc3n(C[C@@H](O)CN3CCN(CCO)CC3)c2c1C#N. The highest BCUT2D eigenvalue weighted by molar-refractivity contribution is 5.84. The van der Waals surface area contributed by atoms with Gasteiger partial charge in [-0.25, -0.2) is 0 Å². The number of piperazine rings is 1. The second-order valence-electron chi connectivity index (χ2n) is 7.93. The number of hydrogen-bond donors (Lipinski definition) is 2. The van der Waals surface area contributed by atoms with Crippen LogP contribution in [-0.2, 0) is 6.54 Å². The van der Waals surface area contributed by atoms with Crippen molar-refractivity contribution in [3.63, 3.8) is 0 Å². The van der Waals surface area contributed by atoms with Crippen LogP contribution in [0.1, 0.15) is 11.1 Å². The van der Waals surface area contributed by atoms with Crippen LogP contribution < -0.4 is 5.56 Å². The Morgan fingerprint density at radius 1 is 1.10 bits per heavy atom. The van der Waals surface area contributed by atoms with Crippen LogP contribution in [0.15, 0.2) is 35.1 Å². The van der Waals surface area contributed by atoms with Gasteiger partial charge in [0.2, 0.25) is 0 Å². The number of nitriles is 1. The van der Waals surface area contributed by atoms with E-state index in [-0.39, 0.29) is 12.2 Å². The van der Waals surface area contributed by atoms with E-state index in [4.69, 9.17) is 5.11 Å². The van der Waals surface area contributed by atoms with Crippen LogP contribution >= 0.6 is 0 Å². The van der Waals surface area contributed by atoms with Crippen LogP contribution in [-0.4, -0.2) is 81.0 Å². The van der Waals surface area contributed by atoms with E-state index in [0.717, 1.165) is 37.2 Å². The molecular weight excluding hydrogens is 382 g/mol. The zero-order chi connectivity index (χ0) is 21.3. The van der Waals surface area contributed by atoms with Gasteiger partial charge in [0.25, 0.3) is 5.56 Å².